The summed E-state index contributed by atoms with van der Waals surface area (Å²) in [5.74, 6) is 3.87. The number of aliphatic imine (C=N–C) groups is 1. The van der Waals surface area contributed by atoms with Crippen molar-refractivity contribution in [2.24, 2.45) is 27.7 Å². The molecule has 6 heteroatoms. The van der Waals surface area contributed by atoms with Crippen molar-refractivity contribution < 1.29 is 9.53 Å². The van der Waals surface area contributed by atoms with Crippen LogP contribution in [0.15, 0.2) is 71.7 Å². The smallest absolute Gasteiger partial charge is 0.317 e. The van der Waals surface area contributed by atoms with E-state index in [4.69, 9.17) is 21.6 Å². The molecule has 0 saturated heterocycles. The Hall–Kier alpha value is -3.29. The van der Waals surface area contributed by atoms with Crippen molar-refractivity contribution in [3.63, 3.8) is 0 Å². The zero-order valence-corrected chi connectivity index (χ0v) is 44.7. The summed E-state index contributed by atoms with van der Waals surface area (Å²) in [6.45, 7) is 9.15. The van der Waals surface area contributed by atoms with Gasteiger partial charge >= 0.3 is 5.97 Å². The van der Waals surface area contributed by atoms with E-state index in [0.29, 0.717) is 16.2 Å². The third kappa shape index (κ3) is 18.1. The molecule has 0 N–H and O–H groups in total. The second-order valence-electron chi connectivity index (χ2n) is 21.8. The molecular weight excluding hydrogens is 872 g/mol. The summed E-state index contributed by atoms with van der Waals surface area (Å²) in [6.07, 6.45) is 40.0. The zero-order valence-electron chi connectivity index (χ0n) is 43.1. The molecule has 0 aromatic heterocycles. The second-order valence-corrected chi connectivity index (χ2v) is 22.4. The van der Waals surface area contributed by atoms with Crippen LogP contribution in [0, 0.1) is 34.0 Å². The van der Waals surface area contributed by atoms with E-state index in [9.17, 15) is 4.79 Å². The Morgan fingerprint density at radius 2 is 1.21 bits per heavy atom. The largest absolute Gasteiger partial charge is 0.425 e. The van der Waals surface area contributed by atoms with Crippen molar-refractivity contribution in [3.8, 4) is 11.8 Å². The minimum atomic E-state index is -0.273. The first-order chi connectivity index (χ1) is 33.1. The maximum atomic E-state index is 13.2. The molecule has 0 atom stereocenters. The molecule has 8 rings (SSSR count). The van der Waals surface area contributed by atoms with Crippen LogP contribution in [0.25, 0.3) is 0 Å². The molecule has 0 amide bonds. The molecule has 3 aromatic rings. The average Bonchev–Trinajstić information content (AvgIpc) is 3.38. The number of carbonyl (C=O) groups is 1. The lowest BCUT2D eigenvalue weighted by molar-refractivity contribution is -0.156. The van der Waals surface area contributed by atoms with Gasteiger partial charge in [-0.15, -0.1) is 0 Å². The molecule has 0 aliphatic heterocycles. The summed E-state index contributed by atoms with van der Waals surface area (Å²) in [4.78, 5) is 17.2. The molecule has 0 heterocycles. The van der Waals surface area contributed by atoms with Gasteiger partial charge in [0.1, 0.15) is 5.75 Å². The Morgan fingerprint density at radius 3 is 1.75 bits per heavy atom. The molecule has 5 aliphatic carbocycles. The summed E-state index contributed by atoms with van der Waals surface area (Å²) in [5.41, 5.74) is 6.05. The van der Waals surface area contributed by atoms with Crippen LogP contribution < -0.4 is 4.74 Å². The van der Waals surface area contributed by atoms with Crippen LogP contribution in [-0.2, 0) is 11.2 Å². The van der Waals surface area contributed by atoms with Gasteiger partial charge in [-0.2, -0.15) is 10.3 Å². The Bertz CT molecular complexity index is 1960. The molecular formula is C62H89ClN2O2S. The molecule has 5 aliphatic rings. The number of ether oxygens (including phenoxy) is 1. The van der Waals surface area contributed by atoms with Gasteiger partial charge in [-0.1, -0.05) is 172 Å². The zero-order chi connectivity index (χ0) is 48.5. The normalized spacial score (nSPS) is 24.0. The van der Waals surface area contributed by atoms with Crippen molar-refractivity contribution in [2.75, 3.05) is 0 Å². The van der Waals surface area contributed by atoms with Crippen LogP contribution >= 0.6 is 23.8 Å². The summed E-state index contributed by atoms with van der Waals surface area (Å²) in [7, 11) is 0. The number of isothiocyanates is 1. The van der Waals surface area contributed by atoms with Crippen molar-refractivity contribution in [2.45, 2.75) is 239 Å². The lowest BCUT2D eigenvalue weighted by Gasteiger charge is -2.52. The predicted molar refractivity (Wildman–Crippen MR) is 292 cm³/mol. The lowest BCUT2D eigenvalue weighted by atomic mass is 9.52. The van der Waals surface area contributed by atoms with Gasteiger partial charge in [0.2, 0.25) is 0 Å². The lowest BCUT2D eigenvalue weighted by Crippen LogP contribution is -2.47. The number of halogens is 1. The number of fused-ring (bicyclic) bond motifs is 3. The van der Waals surface area contributed by atoms with Gasteiger partial charge in [-0.25, -0.2) is 0 Å². The molecule has 5 saturated carbocycles. The maximum absolute atomic E-state index is 13.2. The summed E-state index contributed by atoms with van der Waals surface area (Å²) in [6, 6.07) is 24.8. The number of aryl methyl sites for hydroxylation is 1. The van der Waals surface area contributed by atoms with Crippen molar-refractivity contribution >= 4 is 40.6 Å². The van der Waals surface area contributed by atoms with Gasteiger partial charge < -0.3 is 4.74 Å². The number of carbonyl (C=O) groups excluding carboxylic acids is 1. The number of nitrogens with zero attached hydrogens (tertiary/aromatic N) is 2. The van der Waals surface area contributed by atoms with Gasteiger partial charge in [-0.3, -0.25) is 4.79 Å². The highest BCUT2D eigenvalue weighted by Gasteiger charge is 2.53. The van der Waals surface area contributed by atoms with Crippen LogP contribution in [-0.4, -0.2) is 11.1 Å². The first-order valence-corrected chi connectivity index (χ1v) is 28.6. The first kappa shape index (κ1) is 55.6. The van der Waals surface area contributed by atoms with Crippen LogP contribution in [0.2, 0.25) is 5.02 Å². The van der Waals surface area contributed by atoms with Crippen LogP contribution in [0.5, 0.6) is 5.75 Å². The van der Waals surface area contributed by atoms with E-state index in [1.165, 1.54) is 190 Å². The van der Waals surface area contributed by atoms with E-state index < -0.39 is 0 Å². The predicted octanol–water partition coefficient (Wildman–Crippen LogP) is 20.0. The molecule has 0 unspecified atom stereocenters. The van der Waals surface area contributed by atoms with Gasteiger partial charge in [-0.05, 0) is 191 Å². The molecule has 4 nitrogen and oxygen atoms in total. The summed E-state index contributed by atoms with van der Waals surface area (Å²) >= 11 is 11.2. The minimum Gasteiger partial charge on any atom is -0.425 e. The Labute approximate surface area is 425 Å². The fraction of sp³-hybridized carbons (Fsp3) is 0.661. The number of hydrogen-bond acceptors (Lipinski definition) is 5. The van der Waals surface area contributed by atoms with Crippen molar-refractivity contribution in [1.82, 2.24) is 0 Å². The van der Waals surface area contributed by atoms with E-state index in [1.807, 2.05) is 24.3 Å². The highest BCUT2D eigenvalue weighted by atomic mass is 35.5. The number of nitriles is 1. The van der Waals surface area contributed by atoms with E-state index >= 15 is 0 Å². The summed E-state index contributed by atoms with van der Waals surface area (Å²) < 4.78 is 5.90. The minimum absolute atomic E-state index is 0.0389. The number of esters is 1. The number of unbranched alkanes of at least 4 members (excludes halogenated alkanes) is 11. The Morgan fingerprint density at radius 1 is 0.676 bits per heavy atom. The fourth-order valence-corrected chi connectivity index (χ4v) is 12.3. The Balaban J connectivity index is 0.000000206. The molecule has 68 heavy (non-hydrogen) atoms. The van der Waals surface area contributed by atoms with E-state index in [-0.39, 0.29) is 11.4 Å². The van der Waals surface area contributed by atoms with Crippen molar-refractivity contribution in [1.29, 1.82) is 5.26 Å². The number of rotatable bonds is 22. The topological polar surface area (TPSA) is 62.4 Å². The SMILES string of the molecule is CC1CCC(c2ccc(C#N)cc2)CC1.CCCCCCC1CCC(c2ccc(N=C=S)cc2)CC1.CCCCCCCc1ccc(OC(=O)C23CCC(CCCCCCC)(CC2)CC3)c(Cl)c1. The number of thiocarbonyl (C=S) groups is 1. The van der Waals surface area contributed by atoms with Crippen LogP contribution in [0.3, 0.4) is 0 Å². The number of hydrogen-bond donors (Lipinski definition) is 0. The first-order valence-electron chi connectivity index (χ1n) is 27.8. The van der Waals surface area contributed by atoms with Gasteiger partial charge in [0.15, 0.2) is 0 Å². The van der Waals surface area contributed by atoms with E-state index in [2.05, 4.69) is 98.6 Å². The molecule has 372 valence electrons. The molecule has 0 radical (unpaired) electrons. The molecule has 5 fully saturated rings. The highest BCUT2D eigenvalue weighted by Crippen LogP contribution is 2.59. The van der Waals surface area contributed by atoms with Gasteiger partial charge in [0.25, 0.3) is 0 Å². The average molecular weight is 962 g/mol. The third-order valence-electron chi connectivity index (χ3n) is 16.8. The number of benzene rings is 3. The second kappa shape index (κ2) is 30.4. The van der Waals surface area contributed by atoms with Crippen LogP contribution in [0.1, 0.15) is 254 Å². The third-order valence-corrected chi connectivity index (χ3v) is 17.2. The van der Waals surface area contributed by atoms with Gasteiger partial charge in [0, 0.05) is 0 Å². The van der Waals surface area contributed by atoms with E-state index in [0.717, 1.165) is 60.6 Å². The standard InChI is InChI=1S/C29H45ClO2.C19H27NS.C14H17N/c1-3-5-7-9-11-13-24-14-15-26(25(30)23-24)32-27(31)29-20-17-28(18-21-29,19-22-29)16-12-10-8-6-4-2;1-2-3-4-5-6-16-7-9-17(10-8-16)18-11-13-19(14-12-18)20-15-21;1-11-2-6-13(7-3-11)14-8-4-12(10-15)5-9-14/h14-15,23H,3-13,16-22H2,1-2H3;11-14,16-17H,2-10H2,1H3;4-5,8-9,11,13H,2-3,6-7H2,1H3. The molecule has 3 aromatic carbocycles. The quantitative estimate of drug-likeness (QED) is 0.0331. The highest BCUT2D eigenvalue weighted by molar-refractivity contribution is 7.78. The monoisotopic (exact) mass is 961 g/mol. The van der Waals surface area contributed by atoms with Crippen LogP contribution in [0.4, 0.5) is 5.69 Å². The maximum Gasteiger partial charge on any atom is 0.317 e. The fourth-order valence-electron chi connectivity index (χ4n) is 11.9. The van der Waals surface area contributed by atoms with Gasteiger partial charge in [0.05, 0.1) is 32.9 Å². The summed E-state index contributed by atoms with van der Waals surface area (Å²) in [5, 5.41) is 11.7. The van der Waals surface area contributed by atoms with E-state index in [1.54, 1.807) is 0 Å². The Kier molecular flexibility index (Phi) is 24.9. The molecule has 2 bridgehead atoms. The van der Waals surface area contributed by atoms with Crippen molar-refractivity contribution in [3.05, 3.63) is 94.0 Å². The molecule has 0 spiro atoms.